The summed E-state index contributed by atoms with van der Waals surface area (Å²) >= 11 is 0. The van der Waals surface area contributed by atoms with E-state index in [1.165, 1.54) is 0 Å². The van der Waals surface area contributed by atoms with Crippen LogP contribution in [0.3, 0.4) is 0 Å². The molecule has 3 rings (SSSR count). The van der Waals surface area contributed by atoms with Gasteiger partial charge in [0.15, 0.2) is 5.82 Å². The summed E-state index contributed by atoms with van der Waals surface area (Å²) in [6.45, 7) is 6.05. The van der Waals surface area contributed by atoms with Crippen LogP contribution in [0.5, 0.6) is 0 Å². The Balaban J connectivity index is 1.83. The summed E-state index contributed by atoms with van der Waals surface area (Å²) in [5, 5.41) is 0. The Morgan fingerprint density at radius 1 is 1.28 bits per heavy atom. The molecule has 2 atom stereocenters. The molecule has 2 N–H and O–H groups in total. The van der Waals surface area contributed by atoms with Gasteiger partial charge < -0.3 is 15.2 Å². The molecule has 1 fully saturated rings. The highest BCUT2D eigenvalue weighted by Gasteiger charge is 2.34. The predicted octanol–water partition coefficient (Wildman–Crippen LogP) is 1.48. The van der Waals surface area contributed by atoms with Gasteiger partial charge in [0.1, 0.15) is 5.82 Å². The third kappa shape index (κ3) is 3.40. The van der Waals surface area contributed by atoms with Gasteiger partial charge in [-0.05, 0) is 24.5 Å². The van der Waals surface area contributed by atoms with E-state index in [1.807, 2.05) is 22.6 Å². The van der Waals surface area contributed by atoms with Crippen molar-refractivity contribution in [3.8, 4) is 0 Å². The third-order valence-electron chi connectivity index (χ3n) is 4.69. The number of aryl methyl sites for hydroxylation is 1. The highest BCUT2D eigenvalue weighted by atomic mass is 16.1. The summed E-state index contributed by atoms with van der Waals surface area (Å²) in [5.41, 5.74) is 6.01. The van der Waals surface area contributed by atoms with Crippen LogP contribution in [0.2, 0.25) is 0 Å². The van der Waals surface area contributed by atoms with E-state index in [4.69, 9.17) is 5.73 Å². The molecule has 0 saturated carbocycles. The number of nitrogens with two attached hydrogens (primary N) is 1. The lowest BCUT2D eigenvalue weighted by atomic mass is 9.98. The first-order valence-electron chi connectivity index (χ1n) is 8.57. The fourth-order valence-electron chi connectivity index (χ4n) is 3.33. The van der Waals surface area contributed by atoms with Crippen LogP contribution in [0.25, 0.3) is 0 Å². The second kappa shape index (κ2) is 7.04. The van der Waals surface area contributed by atoms with Crippen molar-refractivity contribution in [1.82, 2.24) is 14.5 Å². The van der Waals surface area contributed by atoms with Gasteiger partial charge in [-0.1, -0.05) is 13.8 Å². The highest BCUT2D eigenvalue weighted by molar-refractivity contribution is 6.07. The Hall–Kier alpha value is -2.70. The minimum atomic E-state index is -0.288. The number of ketones is 1. The number of pyridine rings is 1. The van der Waals surface area contributed by atoms with Crippen LogP contribution in [-0.4, -0.2) is 39.3 Å². The Morgan fingerprint density at radius 2 is 2.08 bits per heavy atom. The molecule has 0 aliphatic carbocycles. The molecular weight excluding hydrogens is 318 g/mol. The van der Waals surface area contributed by atoms with Gasteiger partial charge in [-0.15, -0.1) is 0 Å². The van der Waals surface area contributed by atoms with Crippen molar-refractivity contribution in [2.75, 3.05) is 18.0 Å². The van der Waals surface area contributed by atoms with Crippen LogP contribution in [0, 0.1) is 11.8 Å². The Morgan fingerprint density at radius 3 is 2.76 bits per heavy atom. The first kappa shape index (κ1) is 17.1. The van der Waals surface area contributed by atoms with E-state index >= 15 is 0 Å². The lowest BCUT2D eigenvalue weighted by Gasteiger charge is -2.17. The van der Waals surface area contributed by atoms with E-state index in [2.05, 4.69) is 16.9 Å². The monoisotopic (exact) mass is 341 g/mol. The topological polar surface area (TPSA) is 94.1 Å². The van der Waals surface area contributed by atoms with E-state index in [9.17, 15) is 9.59 Å². The lowest BCUT2D eigenvalue weighted by molar-refractivity contribution is -0.122. The maximum Gasteiger partial charge on any atom is 0.228 e. The minimum Gasteiger partial charge on any atom is -0.369 e. The molecule has 0 bridgehead atoms. The number of amides is 1. The van der Waals surface area contributed by atoms with E-state index in [-0.39, 0.29) is 23.5 Å². The summed E-state index contributed by atoms with van der Waals surface area (Å²) < 4.78 is 1.86. The molecule has 1 amide bonds. The van der Waals surface area contributed by atoms with Gasteiger partial charge in [0.25, 0.3) is 0 Å². The molecule has 0 spiro atoms. The maximum absolute atomic E-state index is 12.8. The highest BCUT2D eigenvalue weighted by Crippen LogP contribution is 2.27. The standard InChI is InChI=1S/C18H23N5O2/c1-3-7-22-8-6-21-18(22)16(24)13-4-5-20-15(9-13)23-10-12(2)14(11-23)17(19)25/h4-6,8-9,12,14H,3,7,10-11H2,1-2H3,(H2,19,25)/t12-,14-/m1/s1. The first-order chi connectivity index (χ1) is 12.0. The van der Waals surface area contributed by atoms with Crippen molar-refractivity contribution in [3.05, 3.63) is 42.1 Å². The zero-order valence-corrected chi connectivity index (χ0v) is 14.6. The number of carbonyl (C=O) groups excluding carboxylic acids is 2. The summed E-state index contributed by atoms with van der Waals surface area (Å²) in [7, 11) is 0. The van der Waals surface area contributed by atoms with Crippen molar-refractivity contribution in [1.29, 1.82) is 0 Å². The van der Waals surface area contributed by atoms with Crippen LogP contribution in [0.1, 0.15) is 36.5 Å². The van der Waals surface area contributed by atoms with Crippen LogP contribution in [-0.2, 0) is 11.3 Å². The molecule has 7 heteroatoms. The first-order valence-corrected chi connectivity index (χ1v) is 8.57. The molecule has 0 unspecified atom stereocenters. The van der Waals surface area contributed by atoms with Gasteiger partial charge in [-0.2, -0.15) is 0 Å². The number of hydrogen-bond acceptors (Lipinski definition) is 5. The predicted molar refractivity (Wildman–Crippen MR) is 94.2 cm³/mol. The molecule has 1 aliphatic rings. The molecule has 1 saturated heterocycles. The second-order valence-electron chi connectivity index (χ2n) is 6.57. The van der Waals surface area contributed by atoms with E-state index < -0.39 is 0 Å². The molecule has 3 heterocycles. The minimum absolute atomic E-state index is 0.124. The van der Waals surface area contributed by atoms with E-state index in [0.717, 1.165) is 13.0 Å². The van der Waals surface area contributed by atoms with E-state index in [0.29, 0.717) is 30.3 Å². The quantitative estimate of drug-likeness (QED) is 0.803. The molecule has 25 heavy (non-hydrogen) atoms. The summed E-state index contributed by atoms with van der Waals surface area (Å²) in [4.78, 5) is 34.9. The Bertz CT molecular complexity index is 785. The number of imidazole rings is 1. The molecule has 0 radical (unpaired) electrons. The number of rotatable bonds is 6. The van der Waals surface area contributed by atoms with Gasteiger partial charge in [0.05, 0.1) is 5.92 Å². The maximum atomic E-state index is 12.8. The number of nitrogens with zero attached hydrogens (tertiary/aromatic N) is 4. The number of anilines is 1. The third-order valence-corrected chi connectivity index (χ3v) is 4.69. The van der Waals surface area contributed by atoms with Crippen LogP contribution >= 0.6 is 0 Å². The van der Waals surface area contributed by atoms with Crippen LogP contribution in [0.15, 0.2) is 30.7 Å². The second-order valence-corrected chi connectivity index (χ2v) is 6.57. The largest absolute Gasteiger partial charge is 0.369 e. The van der Waals surface area contributed by atoms with Crippen molar-refractivity contribution in [2.45, 2.75) is 26.8 Å². The van der Waals surface area contributed by atoms with Crippen molar-refractivity contribution >= 4 is 17.5 Å². The normalized spacial score (nSPS) is 20.0. The molecule has 1 aliphatic heterocycles. The van der Waals surface area contributed by atoms with E-state index in [1.54, 1.807) is 24.5 Å². The van der Waals surface area contributed by atoms with Crippen molar-refractivity contribution < 1.29 is 9.59 Å². The molecular formula is C18H23N5O2. The number of primary amides is 1. The zero-order chi connectivity index (χ0) is 18.0. The van der Waals surface area contributed by atoms with Gasteiger partial charge in [0.2, 0.25) is 11.7 Å². The number of aromatic nitrogens is 3. The smallest absolute Gasteiger partial charge is 0.228 e. The molecule has 0 aromatic carbocycles. The number of carbonyl (C=O) groups is 2. The average Bonchev–Trinajstić information content (AvgIpc) is 3.21. The summed E-state index contributed by atoms with van der Waals surface area (Å²) in [6.07, 6.45) is 6.01. The summed E-state index contributed by atoms with van der Waals surface area (Å²) in [5.74, 6) is 0.690. The fourth-order valence-corrected chi connectivity index (χ4v) is 3.33. The van der Waals surface area contributed by atoms with Crippen LogP contribution < -0.4 is 10.6 Å². The van der Waals surface area contributed by atoms with Crippen molar-refractivity contribution in [3.63, 3.8) is 0 Å². The SMILES string of the molecule is CCCn1ccnc1C(=O)c1ccnc(N2C[C@@H](C)[C@H](C(N)=O)C2)c1. The Kier molecular flexibility index (Phi) is 4.83. The summed E-state index contributed by atoms with van der Waals surface area (Å²) in [6, 6.07) is 3.46. The van der Waals surface area contributed by atoms with Gasteiger partial charge in [-0.3, -0.25) is 9.59 Å². The van der Waals surface area contributed by atoms with Gasteiger partial charge >= 0.3 is 0 Å². The van der Waals surface area contributed by atoms with Gasteiger partial charge in [-0.25, -0.2) is 9.97 Å². The van der Waals surface area contributed by atoms with Crippen LogP contribution in [0.4, 0.5) is 5.82 Å². The fraction of sp³-hybridized carbons (Fsp3) is 0.444. The van der Waals surface area contributed by atoms with Gasteiger partial charge in [0, 0.05) is 43.8 Å². The lowest BCUT2D eigenvalue weighted by Crippen LogP contribution is -2.29. The molecule has 132 valence electrons. The molecule has 7 nitrogen and oxygen atoms in total. The average molecular weight is 341 g/mol. The van der Waals surface area contributed by atoms with Crippen molar-refractivity contribution in [2.24, 2.45) is 17.6 Å². The Labute approximate surface area is 146 Å². The number of hydrogen-bond donors (Lipinski definition) is 1. The molecule has 2 aromatic rings. The zero-order valence-electron chi connectivity index (χ0n) is 14.6. The molecule has 2 aromatic heterocycles.